The Morgan fingerprint density at radius 2 is 1.86 bits per heavy atom. The molecule has 1 heterocycles. The number of azo groups is 1. The van der Waals surface area contributed by atoms with Crippen LogP contribution in [0, 0.1) is 6.92 Å². The Kier molecular flexibility index (Phi) is 5.44. The Labute approximate surface area is 130 Å². The first-order chi connectivity index (χ1) is 10.1. The normalized spacial score (nSPS) is 11.2. The lowest BCUT2D eigenvalue weighted by Gasteiger charge is -2.11. The zero-order valence-corrected chi connectivity index (χ0v) is 14.0. The molecular formula is C16H23N4S+. The largest absolute Gasteiger partial charge is 0.408 e. The molecule has 112 valence electrons. The van der Waals surface area contributed by atoms with Crippen LogP contribution in [0.1, 0.15) is 24.6 Å². The highest BCUT2D eigenvalue weighted by atomic mass is 32.1. The summed E-state index contributed by atoms with van der Waals surface area (Å²) in [5, 5.41) is 9.74. The van der Waals surface area contributed by atoms with Gasteiger partial charge < -0.3 is 4.90 Å². The zero-order chi connectivity index (χ0) is 15.2. The van der Waals surface area contributed by atoms with E-state index in [0.29, 0.717) is 0 Å². The first kappa shape index (κ1) is 15.6. The molecule has 0 unspecified atom stereocenters. The fraction of sp³-hybridized carbons (Fsp3) is 0.438. The number of benzene rings is 1. The first-order valence-electron chi connectivity index (χ1n) is 7.29. The van der Waals surface area contributed by atoms with Gasteiger partial charge in [-0.05, 0) is 54.1 Å². The molecule has 21 heavy (non-hydrogen) atoms. The minimum atomic E-state index is 0.883. The van der Waals surface area contributed by atoms with Crippen molar-refractivity contribution in [2.45, 2.75) is 33.2 Å². The van der Waals surface area contributed by atoms with Crippen molar-refractivity contribution < 1.29 is 4.57 Å². The minimum Gasteiger partial charge on any atom is -0.378 e. The standard InChI is InChI=1S/C16H23N4S/c1-5-6-11-20-12-13(2)21-16(20)18-17-14-7-9-15(10-8-14)19(3)4/h7-10,12H,5-6,11H2,1-4H3/q+1. The number of nitrogens with zero attached hydrogens (tertiary/aromatic N) is 4. The summed E-state index contributed by atoms with van der Waals surface area (Å²) in [6, 6.07) is 8.10. The van der Waals surface area contributed by atoms with E-state index in [-0.39, 0.29) is 0 Å². The van der Waals surface area contributed by atoms with Gasteiger partial charge in [-0.2, -0.15) is 0 Å². The molecule has 0 N–H and O–H groups in total. The van der Waals surface area contributed by atoms with Gasteiger partial charge in [0.25, 0.3) is 0 Å². The predicted molar refractivity (Wildman–Crippen MR) is 89.1 cm³/mol. The van der Waals surface area contributed by atoms with Gasteiger partial charge in [0.15, 0.2) is 0 Å². The molecule has 0 aliphatic rings. The number of unbranched alkanes of at least 4 members (excludes halogenated alkanes) is 1. The van der Waals surface area contributed by atoms with E-state index in [4.69, 9.17) is 0 Å². The lowest BCUT2D eigenvalue weighted by Crippen LogP contribution is -2.30. The molecule has 0 atom stereocenters. The molecule has 0 aliphatic carbocycles. The van der Waals surface area contributed by atoms with Gasteiger partial charge in [0, 0.05) is 24.7 Å². The molecule has 0 fully saturated rings. The average Bonchev–Trinajstić information content (AvgIpc) is 2.83. The van der Waals surface area contributed by atoms with E-state index in [1.165, 1.54) is 23.4 Å². The van der Waals surface area contributed by atoms with Crippen molar-refractivity contribution in [1.82, 2.24) is 0 Å². The van der Waals surface area contributed by atoms with Crippen LogP contribution in [0.25, 0.3) is 0 Å². The molecule has 0 bridgehead atoms. The van der Waals surface area contributed by atoms with Crippen LogP contribution in [0.4, 0.5) is 16.5 Å². The fourth-order valence-corrected chi connectivity index (χ4v) is 2.80. The van der Waals surface area contributed by atoms with E-state index in [0.717, 1.165) is 17.4 Å². The Morgan fingerprint density at radius 1 is 1.14 bits per heavy atom. The molecular weight excluding hydrogens is 280 g/mol. The molecule has 0 radical (unpaired) electrons. The van der Waals surface area contributed by atoms with Gasteiger partial charge >= 0.3 is 5.13 Å². The van der Waals surface area contributed by atoms with Crippen LogP contribution in [0.5, 0.6) is 0 Å². The van der Waals surface area contributed by atoms with Crippen LogP contribution in [0.15, 0.2) is 40.7 Å². The number of hydrogen-bond acceptors (Lipinski definition) is 4. The highest BCUT2D eigenvalue weighted by Gasteiger charge is 2.14. The summed E-state index contributed by atoms with van der Waals surface area (Å²) in [7, 11) is 4.06. The van der Waals surface area contributed by atoms with E-state index >= 15 is 0 Å². The van der Waals surface area contributed by atoms with Crippen LogP contribution < -0.4 is 9.47 Å². The minimum absolute atomic E-state index is 0.883. The molecule has 2 rings (SSSR count). The van der Waals surface area contributed by atoms with E-state index in [9.17, 15) is 0 Å². The summed E-state index contributed by atoms with van der Waals surface area (Å²) < 4.78 is 2.20. The second-order valence-corrected chi connectivity index (χ2v) is 6.50. The number of hydrogen-bond donors (Lipinski definition) is 0. The number of anilines is 1. The van der Waals surface area contributed by atoms with Crippen molar-refractivity contribution in [2.75, 3.05) is 19.0 Å². The summed E-state index contributed by atoms with van der Waals surface area (Å²) in [6.45, 7) is 5.32. The van der Waals surface area contributed by atoms with Crippen LogP contribution in [-0.4, -0.2) is 14.1 Å². The van der Waals surface area contributed by atoms with Gasteiger partial charge in [0.1, 0.15) is 11.9 Å². The fourth-order valence-electron chi connectivity index (χ4n) is 1.99. The third kappa shape index (κ3) is 4.36. The molecule has 2 aromatic rings. The Morgan fingerprint density at radius 3 is 2.48 bits per heavy atom. The highest BCUT2D eigenvalue weighted by molar-refractivity contribution is 7.14. The van der Waals surface area contributed by atoms with Gasteiger partial charge in [-0.3, -0.25) is 0 Å². The van der Waals surface area contributed by atoms with Crippen molar-refractivity contribution in [3.05, 3.63) is 35.3 Å². The number of aryl methyl sites for hydroxylation is 2. The van der Waals surface area contributed by atoms with Crippen molar-refractivity contribution >= 4 is 27.8 Å². The van der Waals surface area contributed by atoms with Crippen LogP contribution in [0.3, 0.4) is 0 Å². The van der Waals surface area contributed by atoms with Gasteiger partial charge in [-0.15, -0.1) is 0 Å². The van der Waals surface area contributed by atoms with Crippen LogP contribution in [0.2, 0.25) is 0 Å². The summed E-state index contributed by atoms with van der Waals surface area (Å²) >= 11 is 1.69. The van der Waals surface area contributed by atoms with Crippen LogP contribution >= 0.6 is 11.3 Å². The second-order valence-electron chi connectivity index (χ2n) is 5.28. The topological polar surface area (TPSA) is 31.8 Å². The first-order valence-corrected chi connectivity index (χ1v) is 8.11. The lowest BCUT2D eigenvalue weighted by atomic mass is 10.3. The SMILES string of the molecule is CCCC[n+]1cc(C)sc1N=Nc1ccc(N(C)C)cc1. The molecule has 5 heteroatoms. The molecule has 1 aromatic carbocycles. The van der Waals surface area contributed by atoms with Crippen molar-refractivity contribution in [1.29, 1.82) is 0 Å². The predicted octanol–water partition coefficient (Wildman–Crippen LogP) is 4.63. The van der Waals surface area contributed by atoms with E-state index in [1.807, 2.05) is 26.2 Å². The van der Waals surface area contributed by atoms with Crippen molar-refractivity contribution in [3.63, 3.8) is 0 Å². The maximum Gasteiger partial charge on any atom is 0.408 e. The smallest absolute Gasteiger partial charge is 0.378 e. The third-order valence-corrected chi connectivity index (χ3v) is 4.13. The van der Waals surface area contributed by atoms with Crippen LogP contribution in [-0.2, 0) is 6.54 Å². The summed E-state index contributed by atoms with van der Waals surface area (Å²) in [6.07, 6.45) is 4.51. The Balaban J connectivity index is 2.13. The zero-order valence-electron chi connectivity index (χ0n) is 13.2. The molecule has 4 nitrogen and oxygen atoms in total. The molecule has 1 aromatic heterocycles. The van der Waals surface area contributed by atoms with E-state index < -0.39 is 0 Å². The average molecular weight is 303 g/mol. The van der Waals surface area contributed by atoms with Gasteiger partial charge in [0.2, 0.25) is 0 Å². The second kappa shape index (κ2) is 7.31. The third-order valence-electron chi connectivity index (χ3n) is 3.21. The maximum atomic E-state index is 4.42. The van der Waals surface area contributed by atoms with Gasteiger partial charge in [-0.25, -0.2) is 4.57 Å². The number of thiazole rings is 1. The number of aromatic nitrogens is 1. The molecule has 0 amide bonds. The molecule has 0 spiro atoms. The molecule has 0 saturated heterocycles. The summed E-state index contributed by atoms with van der Waals surface area (Å²) in [5.74, 6) is 0. The summed E-state index contributed by atoms with van der Waals surface area (Å²) in [4.78, 5) is 3.34. The molecule has 0 saturated carbocycles. The number of rotatable bonds is 6. The Hall–Kier alpha value is -1.75. The van der Waals surface area contributed by atoms with Crippen molar-refractivity contribution in [3.8, 4) is 0 Å². The van der Waals surface area contributed by atoms with E-state index in [2.05, 4.69) is 51.9 Å². The lowest BCUT2D eigenvalue weighted by molar-refractivity contribution is -0.680. The monoisotopic (exact) mass is 303 g/mol. The Bertz CT molecular complexity index is 599. The summed E-state index contributed by atoms with van der Waals surface area (Å²) in [5.41, 5.74) is 2.05. The van der Waals surface area contributed by atoms with Gasteiger partial charge in [-0.1, -0.05) is 13.3 Å². The molecule has 0 aliphatic heterocycles. The maximum absolute atomic E-state index is 4.42. The highest BCUT2D eigenvalue weighted by Crippen LogP contribution is 2.23. The van der Waals surface area contributed by atoms with E-state index in [1.54, 1.807) is 11.3 Å². The van der Waals surface area contributed by atoms with Gasteiger partial charge in [0.05, 0.1) is 11.7 Å². The quantitative estimate of drug-likeness (QED) is 0.566. The van der Waals surface area contributed by atoms with Crippen molar-refractivity contribution in [2.24, 2.45) is 10.2 Å².